The second kappa shape index (κ2) is 10.4. The molecular weight excluding hydrogens is 481 g/mol. The zero-order chi connectivity index (χ0) is 20.6. The molecular formula is C23H22INO4. The van der Waals surface area contributed by atoms with Crippen LogP contribution in [0.2, 0.25) is 0 Å². The molecule has 2 atom stereocenters. The summed E-state index contributed by atoms with van der Waals surface area (Å²) in [5.41, 5.74) is 2.90. The van der Waals surface area contributed by atoms with Gasteiger partial charge >= 0.3 is 0 Å². The molecule has 2 N–H and O–H groups in total. The predicted molar refractivity (Wildman–Crippen MR) is 118 cm³/mol. The highest BCUT2D eigenvalue weighted by atomic mass is 127. The molecule has 0 saturated heterocycles. The Morgan fingerprint density at radius 1 is 1.21 bits per heavy atom. The molecule has 1 amide bonds. The van der Waals surface area contributed by atoms with Crippen molar-refractivity contribution in [2.45, 2.75) is 31.8 Å². The lowest BCUT2D eigenvalue weighted by Crippen LogP contribution is -2.33. The van der Waals surface area contributed by atoms with Crippen LogP contribution in [-0.4, -0.2) is 23.8 Å². The Balaban J connectivity index is 1.73. The number of rotatable bonds is 7. The molecule has 5 nitrogen and oxygen atoms in total. The summed E-state index contributed by atoms with van der Waals surface area (Å²) in [5.74, 6) is 2.25. The Bertz CT molecular complexity index is 900. The lowest BCUT2D eigenvalue weighted by Gasteiger charge is -2.29. The van der Waals surface area contributed by atoms with Crippen molar-refractivity contribution in [3.63, 3.8) is 0 Å². The SMILES string of the molecule is C#CCNC(=O)C1=C[C@H](c2ccc(I)cc2)C[C@H](OCc2ccc(CO)cc2)O1. The average molecular weight is 503 g/mol. The maximum Gasteiger partial charge on any atom is 0.286 e. The van der Waals surface area contributed by atoms with E-state index in [0.29, 0.717) is 13.0 Å². The van der Waals surface area contributed by atoms with E-state index in [9.17, 15) is 4.79 Å². The van der Waals surface area contributed by atoms with Gasteiger partial charge in [-0.25, -0.2) is 0 Å². The van der Waals surface area contributed by atoms with E-state index in [1.54, 1.807) is 0 Å². The molecule has 2 aromatic carbocycles. The Morgan fingerprint density at radius 2 is 1.90 bits per heavy atom. The highest BCUT2D eigenvalue weighted by molar-refractivity contribution is 14.1. The van der Waals surface area contributed by atoms with Gasteiger partial charge in [0.15, 0.2) is 5.76 Å². The van der Waals surface area contributed by atoms with E-state index in [0.717, 1.165) is 20.3 Å². The first-order chi connectivity index (χ1) is 14.1. The molecule has 150 valence electrons. The number of benzene rings is 2. The number of amides is 1. The van der Waals surface area contributed by atoms with E-state index < -0.39 is 6.29 Å². The van der Waals surface area contributed by atoms with Gasteiger partial charge in [-0.1, -0.05) is 42.3 Å². The number of aliphatic hydroxyl groups excluding tert-OH is 1. The Kier molecular flexibility index (Phi) is 7.69. The van der Waals surface area contributed by atoms with Crippen molar-refractivity contribution in [2.75, 3.05) is 6.54 Å². The van der Waals surface area contributed by atoms with Crippen LogP contribution in [-0.2, 0) is 27.5 Å². The second-order valence-corrected chi connectivity index (χ2v) is 7.89. The summed E-state index contributed by atoms with van der Waals surface area (Å²) < 4.78 is 12.9. The molecule has 1 aliphatic heterocycles. The van der Waals surface area contributed by atoms with Crippen molar-refractivity contribution in [1.29, 1.82) is 0 Å². The summed E-state index contributed by atoms with van der Waals surface area (Å²) in [7, 11) is 0. The number of nitrogens with one attached hydrogen (secondary N) is 1. The molecule has 0 bridgehead atoms. The number of hydrogen-bond donors (Lipinski definition) is 2. The Labute approximate surface area is 184 Å². The summed E-state index contributed by atoms with van der Waals surface area (Å²) in [6.07, 6.45) is 7.09. The van der Waals surface area contributed by atoms with Gasteiger partial charge in [0, 0.05) is 15.9 Å². The highest BCUT2D eigenvalue weighted by Crippen LogP contribution is 2.32. The fraction of sp³-hybridized carbons (Fsp3) is 0.261. The van der Waals surface area contributed by atoms with Crippen LogP contribution in [0, 0.1) is 15.9 Å². The summed E-state index contributed by atoms with van der Waals surface area (Å²) in [6, 6.07) is 15.7. The standard InChI is InChI=1S/C23H22INO4/c1-2-11-25-23(27)21-12-19(18-7-9-20(24)10-8-18)13-22(29-21)28-15-17-5-3-16(14-26)4-6-17/h1,3-10,12,19,22,26H,11,13-15H2,(H,25,27)/t19-,22+/m0/s1. The molecule has 1 heterocycles. The van der Waals surface area contributed by atoms with E-state index >= 15 is 0 Å². The van der Waals surface area contributed by atoms with Gasteiger partial charge in [-0.05, 0) is 57.5 Å². The van der Waals surface area contributed by atoms with E-state index in [2.05, 4.69) is 46.0 Å². The summed E-state index contributed by atoms with van der Waals surface area (Å²) in [4.78, 5) is 12.4. The summed E-state index contributed by atoms with van der Waals surface area (Å²) in [5, 5.41) is 11.8. The van der Waals surface area contributed by atoms with E-state index in [-0.39, 0.29) is 30.7 Å². The quantitative estimate of drug-likeness (QED) is 0.449. The van der Waals surface area contributed by atoms with Crippen LogP contribution in [0.3, 0.4) is 0 Å². The zero-order valence-corrected chi connectivity index (χ0v) is 18.0. The third-order valence-electron chi connectivity index (χ3n) is 4.57. The van der Waals surface area contributed by atoms with Gasteiger partial charge in [0.2, 0.25) is 6.29 Å². The predicted octanol–water partition coefficient (Wildman–Crippen LogP) is 3.46. The molecule has 0 radical (unpaired) electrons. The number of halogens is 1. The summed E-state index contributed by atoms with van der Waals surface area (Å²) >= 11 is 2.26. The number of carbonyl (C=O) groups excluding carboxylic acids is 1. The lowest BCUT2D eigenvalue weighted by molar-refractivity contribution is -0.150. The molecule has 29 heavy (non-hydrogen) atoms. The minimum Gasteiger partial charge on any atom is -0.459 e. The Morgan fingerprint density at radius 3 is 2.55 bits per heavy atom. The van der Waals surface area contributed by atoms with Crippen LogP contribution in [0.4, 0.5) is 0 Å². The van der Waals surface area contributed by atoms with Gasteiger partial charge in [0.25, 0.3) is 5.91 Å². The molecule has 0 saturated carbocycles. The van der Waals surface area contributed by atoms with E-state index in [4.69, 9.17) is 21.0 Å². The van der Waals surface area contributed by atoms with Crippen molar-refractivity contribution in [3.8, 4) is 12.3 Å². The first kappa shape index (κ1) is 21.4. The monoisotopic (exact) mass is 503 g/mol. The molecule has 6 heteroatoms. The fourth-order valence-corrected chi connectivity index (χ4v) is 3.37. The van der Waals surface area contributed by atoms with Crippen LogP contribution < -0.4 is 5.32 Å². The first-order valence-corrected chi connectivity index (χ1v) is 10.3. The van der Waals surface area contributed by atoms with E-state index in [1.807, 2.05) is 42.5 Å². The number of hydrogen-bond acceptors (Lipinski definition) is 4. The maximum absolute atomic E-state index is 12.4. The van der Waals surface area contributed by atoms with Crippen molar-refractivity contribution in [3.05, 3.63) is 80.6 Å². The molecule has 0 aliphatic carbocycles. The van der Waals surface area contributed by atoms with Crippen LogP contribution >= 0.6 is 22.6 Å². The van der Waals surface area contributed by atoms with Crippen LogP contribution in [0.25, 0.3) is 0 Å². The van der Waals surface area contributed by atoms with Gasteiger partial charge in [0.1, 0.15) is 0 Å². The number of allylic oxidation sites excluding steroid dienone is 1. The molecule has 2 aromatic rings. The van der Waals surface area contributed by atoms with Gasteiger partial charge in [-0.3, -0.25) is 4.79 Å². The molecule has 0 fully saturated rings. The van der Waals surface area contributed by atoms with Crippen molar-refractivity contribution in [2.24, 2.45) is 0 Å². The largest absolute Gasteiger partial charge is 0.459 e. The normalized spacial score (nSPS) is 18.3. The van der Waals surface area contributed by atoms with Gasteiger partial charge in [0.05, 0.1) is 19.8 Å². The van der Waals surface area contributed by atoms with Crippen molar-refractivity contribution < 1.29 is 19.4 Å². The first-order valence-electron chi connectivity index (χ1n) is 9.25. The van der Waals surface area contributed by atoms with Crippen molar-refractivity contribution >= 4 is 28.5 Å². The van der Waals surface area contributed by atoms with Crippen LogP contribution in [0.1, 0.15) is 29.0 Å². The topological polar surface area (TPSA) is 67.8 Å². The van der Waals surface area contributed by atoms with Crippen LogP contribution in [0.5, 0.6) is 0 Å². The lowest BCUT2D eigenvalue weighted by atomic mass is 9.93. The third-order valence-corrected chi connectivity index (χ3v) is 5.29. The average Bonchev–Trinajstić information content (AvgIpc) is 2.76. The maximum atomic E-state index is 12.4. The minimum absolute atomic E-state index is 0.00545. The third kappa shape index (κ3) is 6.07. The molecule has 0 spiro atoms. The zero-order valence-electron chi connectivity index (χ0n) is 15.8. The van der Waals surface area contributed by atoms with E-state index in [1.165, 1.54) is 0 Å². The number of carbonyl (C=O) groups is 1. The van der Waals surface area contributed by atoms with Crippen molar-refractivity contribution in [1.82, 2.24) is 5.32 Å². The Hall–Kier alpha value is -2.34. The number of terminal acetylenes is 1. The molecule has 1 aliphatic rings. The van der Waals surface area contributed by atoms with Gasteiger partial charge in [-0.15, -0.1) is 6.42 Å². The fourth-order valence-electron chi connectivity index (χ4n) is 3.01. The van der Waals surface area contributed by atoms with Crippen LogP contribution in [0.15, 0.2) is 60.4 Å². The summed E-state index contributed by atoms with van der Waals surface area (Å²) in [6.45, 7) is 0.483. The number of ether oxygens (including phenoxy) is 2. The number of aliphatic hydroxyl groups is 1. The van der Waals surface area contributed by atoms with Gasteiger partial charge in [-0.2, -0.15) is 0 Å². The molecule has 0 unspecified atom stereocenters. The van der Waals surface area contributed by atoms with Gasteiger partial charge < -0.3 is 19.9 Å². The molecule has 3 rings (SSSR count). The second-order valence-electron chi connectivity index (χ2n) is 6.64. The smallest absolute Gasteiger partial charge is 0.286 e. The minimum atomic E-state index is -0.562. The molecule has 0 aromatic heterocycles. The highest BCUT2D eigenvalue weighted by Gasteiger charge is 2.28.